The molecule has 2 atom stereocenters. The summed E-state index contributed by atoms with van der Waals surface area (Å²) in [6.45, 7) is 2.69. The molecule has 0 aliphatic carbocycles. The molecule has 0 amide bonds. The second-order valence-electron chi connectivity index (χ2n) is 4.84. The molecule has 2 aromatic rings. The average Bonchev–Trinajstić information content (AvgIpc) is 2.64. The Morgan fingerprint density at radius 3 is 2.83 bits per heavy atom. The maximum absolute atomic E-state index is 11.4. The van der Waals surface area contributed by atoms with Crippen molar-refractivity contribution in [2.24, 2.45) is 24.4 Å². The number of hydrogen-bond acceptors (Lipinski definition) is 4. The van der Waals surface area contributed by atoms with Crippen molar-refractivity contribution in [3.63, 3.8) is 0 Å². The molecule has 5 heteroatoms. The zero-order valence-electron chi connectivity index (χ0n) is 10.7. The number of oxazole rings is 1. The molecular formula is C13H19N3O2. The van der Waals surface area contributed by atoms with Crippen molar-refractivity contribution in [2.45, 2.75) is 19.4 Å². The number of nitrogens with two attached hydrogens (primary N) is 2. The second kappa shape index (κ2) is 4.96. The van der Waals surface area contributed by atoms with Gasteiger partial charge in [-0.05, 0) is 36.6 Å². The van der Waals surface area contributed by atoms with E-state index in [1.165, 1.54) is 4.57 Å². The van der Waals surface area contributed by atoms with E-state index in [0.717, 1.165) is 17.5 Å². The molecule has 1 aromatic carbocycles. The molecule has 1 heterocycles. The summed E-state index contributed by atoms with van der Waals surface area (Å²) in [5.74, 6) is 0.0181. The minimum absolute atomic E-state index is 0.0848. The van der Waals surface area contributed by atoms with Crippen LogP contribution in [0.15, 0.2) is 27.4 Å². The zero-order valence-corrected chi connectivity index (χ0v) is 10.7. The molecule has 5 nitrogen and oxygen atoms in total. The first-order chi connectivity index (χ1) is 8.52. The lowest BCUT2D eigenvalue weighted by Gasteiger charge is -2.16. The van der Waals surface area contributed by atoms with E-state index in [1.54, 1.807) is 7.05 Å². The van der Waals surface area contributed by atoms with Crippen molar-refractivity contribution in [2.75, 3.05) is 6.54 Å². The van der Waals surface area contributed by atoms with Gasteiger partial charge in [0.15, 0.2) is 5.58 Å². The molecule has 98 valence electrons. The lowest BCUT2D eigenvalue weighted by Crippen LogP contribution is -2.19. The maximum atomic E-state index is 11.4. The molecule has 0 spiro atoms. The predicted octanol–water partition coefficient (Wildman–Crippen LogP) is 1.12. The molecule has 0 saturated heterocycles. The van der Waals surface area contributed by atoms with Gasteiger partial charge in [-0.1, -0.05) is 13.0 Å². The van der Waals surface area contributed by atoms with Crippen molar-refractivity contribution >= 4 is 11.1 Å². The van der Waals surface area contributed by atoms with Crippen LogP contribution in [-0.4, -0.2) is 11.1 Å². The highest BCUT2D eigenvalue weighted by Gasteiger charge is 2.13. The van der Waals surface area contributed by atoms with Crippen molar-refractivity contribution in [1.82, 2.24) is 4.57 Å². The van der Waals surface area contributed by atoms with Crippen molar-refractivity contribution in [1.29, 1.82) is 0 Å². The Kier molecular flexibility index (Phi) is 3.54. The van der Waals surface area contributed by atoms with E-state index in [-0.39, 0.29) is 11.8 Å². The Balaban J connectivity index is 2.32. The van der Waals surface area contributed by atoms with Crippen LogP contribution in [0.2, 0.25) is 0 Å². The fourth-order valence-electron chi connectivity index (χ4n) is 2.05. The third-order valence-corrected chi connectivity index (χ3v) is 3.30. The fraction of sp³-hybridized carbons (Fsp3) is 0.462. The van der Waals surface area contributed by atoms with E-state index in [1.807, 2.05) is 18.2 Å². The lowest BCUT2D eigenvalue weighted by molar-refractivity contribution is 0.481. The highest BCUT2D eigenvalue weighted by atomic mass is 16.4. The van der Waals surface area contributed by atoms with Gasteiger partial charge in [0.05, 0.1) is 5.52 Å². The van der Waals surface area contributed by atoms with Crippen LogP contribution in [0.1, 0.15) is 24.9 Å². The van der Waals surface area contributed by atoms with Crippen molar-refractivity contribution in [3.05, 3.63) is 34.3 Å². The predicted molar refractivity (Wildman–Crippen MR) is 71.2 cm³/mol. The monoisotopic (exact) mass is 249 g/mol. The van der Waals surface area contributed by atoms with E-state index < -0.39 is 0 Å². The quantitative estimate of drug-likeness (QED) is 0.850. The van der Waals surface area contributed by atoms with Crippen LogP contribution in [0.4, 0.5) is 0 Å². The Labute approximate surface area is 105 Å². The van der Waals surface area contributed by atoms with Gasteiger partial charge in [0.25, 0.3) is 0 Å². The van der Waals surface area contributed by atoms with Crippen LogP contribution < -0.4 is 17.2 Å². The molecule has 0 radical (unpaired) electrons. The normalized spacial score (nSPS) is 14.9. The van der Waals surface area contributed by atoms with Gasteiger partial charge >= 0.3 is 5.76 Å². The fourth-order valence-corrected chi connectivity index (χ4v) is 2.05. The van der Waals surface area contributed by atoms with E-state index in [2.05, 4.69) is 6.92 Å². The van der Waals surface area contributed by atoms with Crippen LogP contribution in [0, 0.1) is 5.92 Å². The van der Waals surface area contributed by atoms with Gasteiger partial charge in [-0.2, -0.15) is 0 Å². The molecule has 18 heavy (non-hydrogen) atoms. The van der Waals surface area contributed by atoms with Gasteiger partial charge in [0.1, 0.15) is 0 Å². The topological polar surface area (TPSA) is 87.2 Å². The van der Waals surface area contributed by atoms with E-state index in [0.29, 0.717) is 18.0 Å². The minimum atomic E-state index is -0.356. The number of aromatic nitrogens is 1. The smallest absolute Gasteiger partial charge is 0.408 e. The molecule has 0 aliphatic rings. The highest BCUT2D eigenvalue weighted by Crippen LogP contribution is 2.22. The number of fused-ring (bicyclic) bond motifs is 1. The van der Waals surface area contributed by atoms with Gasteiger partial charge in [-0.25, -0.2) is 4.79 Å². The minimum Gasteiger partial charge on any atom is -0.408 e. The van der Waals surface area contributed by atoms with Gasteiger partial charge in [-0.3, -0.25) is 4.57 Å². The van der Waals surface area contributed by atoms with E-state index in [4.69, 9.17) is 15.9 Å². The maximum Gasteiger partial charge on any atom is 0.419 e. The Bertz CT molecular complexity index is 600. The summed E-state index contributed by atoms with van der Waals surface area (Å²) >= 11 is 0. The van der Waals surface area contributed by atoms with Crippen molar-refractivity contribution < 1.29 is 4.42 Å². The zero-order chi connectivity index (χ0) is 13.3. The van der Waals surface area contributed by atoms with Gasteiger partial charge < -0.3 is 15.9 Å². The molecule has 0 bridgehead atoms. The third-order valence-electron chi connectivity index (χ3n) is 3.30. The first-order valence-electron chi connectivity index (χ1n) is 6.08. The number of aryl methyl sites for hydroxylation is 1. The summed E-state index contributed by atoms with van der Waals surface area (Å²) in [5.41, 5.74) is 14.0. The largest absolute Gasteiger partial charge is 0.419 e. The van der Waals surface area contributed by atoms with Crippen LogP contribution in [0.3, 0.4) is 0 Å². The van der Waals surface area contributed by atoms with Crippen molar-refractivity contribution in [3.8, 4) is 0 Å². The molecule has 4 N–H and O–H groups in total. The Hall–Kier alpha value is -1.59. The molecule has 2 unspecified atom stereocenters. The first-order valence-corrected chi connectivity index (χ1v) is 6.08. The third kappa shape index (κ3) is 2.32. The van der Waals surface area contributed by atoms with Gasteiger partial charge in [0, 0.05) is 13.1 Å². The molecule has 0 aliphatic heterocycles. The summed E-state index contributed by atoms with van der Waals surface area (Å²) in [6.07, 6.45) is 0.819. The number of nitrogens with zero attached hydrogens (tertiary/aromatic N) is 1. The highest BCUT2D eigenvalue weighted by molar-refractivity contribution is 5.73. The first kappa shape index (κ1) is 12.9. The van der Waals surface area contributed by atoms with Crippen LogP contribution in [0.5, 0.6) is 0 Å². The Morgan fingerprint density at radius 2 is 2.17 bits per heavy atom. The molecule has 0 saturated carbocycles. The second-order valence-corrected chi connectivity index (χ2v) is 4.84. The number of benzene rings is 1. The van der Waals surface area contributed by atoms with Crippen LogP contribution in [0.25, 0.3) is 11.1 Å². The van der Waals surface area contributed by atoms with E-state index in [9.17, 15) is 4.79 Å². The molecule has 0 fully saturated rings. The average molecular weight is 249 g/mol. The summed E-state index contributed by atoms with van der Waals surface area (Å²) in [6, 6.07) is 5.55. The number of hydrogen-bond donors (Lipinski definition) is 2. The lowest BCUT2D eigenvalue weighted by atomic mass is 9.96. The standard InChI is InChI=1S/C13H19N3O2/c1-8(7-14)5-10(15)9-3-4-11-12(6-9)18-13(17)16(11)2/h3-4,6,8,10H,5,7,14-15H2,1-2H3. The summed E-state index contributed by atoms with van der Waals surface area (Å²) in [7, 11) is 1.68. The summed E-state index contributed by atoms with van der Waals surface area (Å²) in [4.78, 5) is 11.4. The van der Waals surface area contributed by atoms with Crippen LogP contribution in [-0.2, 0) is 7.05 Å². The SMILES string of the molecule is CC(CN)CC(N)c1ccc2c(c1)oc(=O)n2C. The number of rotatable bonds is 4. The molecular weight excluding hydrogens is 230 g/mol. The molecule has 2 rings (SSSR count). The Morgan fingerprint density at radius 1 is 1.44 bits per heavy atom. The van der Waals surface area contributed by atoms with E-state index >= 15 is 0 Å². The molecule has 1 aromatic heterocycles. The van der Waals surface area contributed by atoms with Gasteiger partial charge in [0.2, 0.25) is 0 Å². The van der Waals surface area contributed by atoms with Gasteiger partial charge in [-0.15, -0.1) is 0 Å². The summed E-state index contributed by atoms with van der Waals surface area (Å²) < 4.78 is 6.63. The van der Waals surface area contributed by atoms with Crippen LogP contribution >= 0.6 is 0 Å². The summed E-state index contributed by atoms with van der Waals surface area (Å²) in [5, 5.41) is 0.